The molecule has 1 aliphatic rings. The maximum Gasteiger partial charge on any atom is 0.114 e. The number of allylic oxidation sites excluding steroid dienone is 2. The molecule has 1 heterocycles. The lowest BCUT2D eigenvalue weighted by molar-refractivity contribution is -0.0730. The lowest BCUT2D eigenvalue weighted by Crippen LogP contribution is -2.41. The third-order valence-electron chi connectivity index (χ3n) is 4.72. The van der Waals surface area contributed by atoms with Crippen molar-refractivity contribution < 1.29 is 24.8 Å². The molecule has 0 radical (unpaired) electrons. The van der Waals surface area contributed by atoms with Gasteiger partial charge in [0.05, 0.1) is 13.2 Å². The van der Waals surface area contributed by atoms with Crippen LogP contribution in [0.1, 0.15) is 71.1 Å². The fraction of sp³-hybridized carbons (Fsp3) is 0.900. The van der Waals surface area contributed by atoms with Gasteiger partial charge in [-0.15, -0.1) is 0 Å². The molecule has 1 rings (SSSR count). The van der Waals surface area contributed by atoms with Gasteiger partial charge in [-0.2, -0.15) is 0 Å². The second-order valence-corrected chi connectivity index (χ2v) is 6.97. The summed E-state index contributed by atoms with van der Waals surface area (Å²) in [6.45, 7) is 2.69. The molecule has 25 heavy (non-hydrogen) atoms. The highest BCUT2D eigenvalue weighted by Crippen LogP contribution is 2.20. The highest BCUT2D eigenvalue weighted by atomic mass is 16.6. The van der Waals surface area contributed by atoms with Crippen LogP contribution in [0.4, 0.5) is 0 Å². The van der Waals surface area contributed by atoms with Gasteiger partial charge in [-0.3, -0.25) is 0 Å². The second kappa shape index (κ2) is 14.7. The summed E-state index contributed by atoms with van der Waals surface area (Å²) in [5.41, 5.74) is 0. The molecule has 0 amide bonds. The van der Waals surface area contributed by atoms with Crippen molar-refractivity contribution in [2.24, 2.45) is 0 Å². The zero-order valence-corrected chi connectivity index (χ0v) is 15.8. The average Bonchev–Trinajstić information content (AvgIpc) is 2.99. The molecule has 1 aliphatic heterocycles. The summed E-state index contributed by atoms with van der Waals surface area (Å²) < 4.78 is 11.0. The highest BCUT2D eigenvalue weighted by Gasteiger charge is 2.40. The number of hydrogen-bond acceptors (Lipinski definition) is 5. The zero-order chi connectivity index (χ0) is 18.3. The Labute approximate surface area is 153 Å². The van der Waals surface area contributed by atoms with Gasteiger partial charge in [-0.25, -0.2) is 0 Å². The maximum atomic E-state index is 10.0. The van der Waals surface area contributed by atoms with Gasteiger partial charge in [0.2, 0.25) is 0 Å². The van der Waals surface area contributed by atoms with Gasteiger partial charge in [-0.05, 0) is 32.1 Å². The van der Waals surface area contributed by atoms with E-state index in [4.69, 9.17) is 14.6 Å². The molecule has 5 nitrogen and oxygen atoms in total. The van der Waals surface area contributed by atoms with Crippen LogP contribution < -0.4 is 0 Å². The molecule has 5 heteroatoms. The van der Waals surface area contributed by atoms with Crippen LogP contribution in [-0.2, 0) is 9.47 Å². The predicted octanol–water partition coefficient (Wildman–Crippen LogP) is 2.96. The number of ether oxygens (including phenoxy) is 2. The summed E-state index contributed by atoms with van der Waals surface area (Å²) in [5.74, 6) is 0. The van der Waals surface area contributed by atoms with Gasteiger partial charge >= 0.3 is 0 Å². The number of aliphatic hydroxyl groups excluding tert-OH is 3. The normalized spacial score (nSPS) is 25.0. The van der Waals surface area contributed by atoms with Gasteiger partial charge in [-0.1, -0.05) is 51.2 Å². The minimum Gasteiger partial charge on any atom is -0.394 e. The van der Waals surface area contributed by atoms with E-state index in [2.05, 4.69) is 19.1 Å². The molecule has 1 fully saturated rings. The molecule has 3 N–H and O–H groups in total. The van der Waals surface area contributed by atoms with E-state index in [0.717, 1.165) is 19.3 Å². The van der Waals surface area contributed by atoms with E-state index in [1.807, 2.05) is 0 Å². The van der Waals surface area contributed by atoms with E-state index in [0.29, 0.717) is 6.61 Å². The van der Waals surface area contributed by atoms with Gasteiger partial charge in [0.15, 0.2) is 0 Å². The Kier molecular flexibility index (Phi) is 13.3. The van der Waals surface area contributed by atoms with Gasteiger partial charge in [0.25, 0.3) is 0 Å². The van der Waals surface area contributed by atoms with Crippen LogP contribution in [0.3, 0.4) is 0 Å². The number of hydrogen-bond donors (Lipinski definition) is 3. The summed E-state index contributed by atoms with van der Waals surface area (Å²) in [5, 5.41) is 28.5. The molecule has 4 atom stereocenters. The molecular formula is C20H38O5. The Morgan fingerprint density at radius 3 is 2.32 bits per heavy atom. The molecule has 0 bridgehead atoms. The Morgan fingerprint density at radius 2 is 1.68 bits per heavy atom. The van der Waals surface area contributed by atoms with E-state index in [1.54, 1.807) is 0 Å². The summed E-state index contributed by atoms with van der Waals surface area (Å²) in [7, 11) is 0. The highest BCUT2D eigenvalue weighted by molar-refractivity contribution is 4.88. The van der Waals surface area contributed by atoms with Crippen LogP contribution in [0.5, 0.6) is 0 Å². The van der Waals surface area contributed by atoms with Crippen molar-refractivity contribution in [3.63, 3.8) is 0 Å². The lowest BCUT2D eigenvalue weighted by atomic mass is 10.1. The fourth-order valence-electron chi connectivity index (χ4n) is 3.08. The van der Waals surface area contributed by atoms with E-state index >= 15 is 0 Å². The minimum absolute atomic E-state index is 0.270. The topological polar surface area (TPSA) is 79.2 Å². The van der Waals surface area contributed by atoms with Crippen molar-refractivity contribution in [3.8, 4) is 0 Å². The Balaban J connectivity index is 1.91. The first-order valence-corrected chi connectivity index (χ1v) is 10.1. The Bertz CT molecular complexity index is 334. The standard InChI is InChI=1S/C20H38O5/c1-2-3-4-5-6-7-8-9-10-11-12-13-14-24-18-16-25-20(19(18)23)17(22)15-21/h7-8,17-23H,2-6,9-16H2,1H3/b8-7+/t17-,18+,19+,20+/m0/s1. The molecule has 0 aromatic rings. The van der Waals surface area contributed by atoms with Crippen molar-refractivity contribution in [2.75, 3.05) is 19.8 Å². The first-order chi connectivity index (χ1) is 12.2. The molecule has 0 aromatic heterocycles. The minimum atomic E-state index is -1.05. The molecule has 0 saturated carbocycles. The Morgan fingerprint density at radius 1 is 1.04 bits per heavy atom. The summed E-state index contributed by atoms with van der Waals surface area (Å²) in [6, 6.07) is 0. The molecule has 0 aliphatic carbocycles. The molecule has 0 spiro atoms. The smallest absolute Gasteiger partial charge is 0.114 e. The summed E-state index contributed by atoms with van der Waals surface area (Å²) in [4.78, 5) is 0. The zero-order valence-electron chi connectivity index (χ0n) is 15.8. The second-order valence-electron chi connectivity index (χ2n) is 6.97. The molecule has 148 valence electrons. The maximum absolute atomic E-state index is 10.0. The third kappa shape index (κ3) is 9.71. The molecular weight excluding hydrogens is 320 g/mol. The number of unbranched alkanes of at least 4 members (excludes halogenated alkanes) is 8. The monoisotopic (exact) mass is 358 g/mol. The van der Waals surface area contributed by atoms with Gasteiger partial charge < -0.3 is 24.8 Å². The first kappa shape index (κ1) is 22.6. The average molecular weight is 359 g/mol. The van der Waals surface area contributed by atoms with Crippen molar-refractivity contribution >= 4 is 0 Å². The van der Waals surface area contributed by atoms with E-state index in [-0.39, 0.29) is 6.61 Å². The van der Waals surface area contributed by atoms with Crippen LogP contribution in [0.15, 0.2) is 12.2 Å². The summed E-state index contributed by atoms with van der Waals surface area (Å²) in [6.07, 6.45) is 13.7. The summed E-state index contributed by atoms with van der Waals surface area (Å²) >= 11 is 0. The van der Waals surface area contributed by atoms with E-state index in [1.165, 1.54) is 44.9 Å². The Hall–Kier alpha value is -0.460. The number of rotatable bonds is 15. The lowest BCUT2D eigenvalue weighted by Gasteiger charge is -2.20. The molecule has 1 saturated heterocycles. The largest absolute Gasteiger partial charge is 0.394 e. The quantitative estimate of drug-likeness (QED) is 0.310. The van der Waals surface area contributed by atoms with Crippen LogP contribution in [0, 0.1) is 0 Å². The first-order valence-electron chi connectivity index (χ1n) is 10.1. The fourth-order valence-corrected chi connectivity index (χ4v) is 3.08. The van der Waals surface area contributed by atoms with Crippen molar-refractivity contribution in [1.29, 1.82) is 0 Å². The van der Waals surface area contributed by atoms with Crippen LogP contribution in [0.2, 0.25) is 0 Å². The van der Waals surface area contributed by atoms with E-state index < -0.39 is 31.0 Å². The van der Waals surface area contributed by atoms with E-state index in [9.17, 15) is 10.2 Å². The van der Waals surface area contributed by atoms with Crippen molar-refractivity contribution in [2.45, 2.75) is 95.5 Å². The molecule has 0 unspecified atom stereocenters. The van der Waals surface area contributed by atoms with Gasteiger partial charge in [0, 0.05) is 6.61 Å². The third-order valence-corrected chi connectivity index (χ3v) is 4.72. The SMILES string of the molecule is CCCCCC/C=C/CCCCCCO[C@@H]1CO[C@H]([C@@H](O)CO)[C@@H]1O. The van der Waals surface area contributed by atoms with Crippen molar-refractivity contribution in [3.05, 3.63) is 12.2 Å². The van der Waals surface area contributed by atoms with Crippen LogP contribution >= 0.6 is 0 Å². The predicted molar refractivity (Wildman–Crippen MR) is 99.6 cm³/mol. The van der Waals surface area contributed by atoms with Crippen LogP contribution in [-0.4, -0.2) is 59.6 Å². The number of aliphatic hydroxyl groups is 3. The van der Waals surface area contributed by atoms with Crippen molar-refractivity contribution in [1.82, 2.24) is 0 Å². The van der Waals surface area contributed by atoms with Crippen LogP contribution in [0.25, 0.3) is 0 Å². The van der Waals surface area contributed by atoms with Gasteiger partial charge in [0.1, 0.15) is 24.4 Å². The molecule has 0 aromatic carbocycles.